The number of hydrogen-bond acceptors (Lipinski definition) is 4. The number of hydrogen-bond donors (Lipinski definition) is 1. The van der Waals surface area contributed by atoms with Gasteiger partial charge in [0.1, 0.15) is 0 Å². The lowest BCUT2D eigenvalue weighted by Crippen LogP contribution is -2.33. The van der Waals surface area contributed by atoms with E-state index < -0.39 is 10.0 Å². The Labute approximate surface area is 179 Å². The van der Waals surface area contributed by atoms with Crippen molar-refractivity contribution in [2.45, 2.75) is 38.1 Å². The number of amides is 1. The van der Waals surface area contributed by atoms with Gasteiger partial charge in [0.05, 0.1) is 4.90 Å². The van der Waals surface area contributed by atoms with Gasteiger partial charge in [0, 0.05) is 44.8 Å². The first-order chi connectivity index (χ1) is 14.5. The van der Waals surface area contributed by atoms with Crippen LogP contribution in [0.25, 0.3) is 0 Å². The van der Waals surface area contributed by atoms with Gasteiger partial charge in [-0.1, -0.05) is 38.1 Å². The maximum absolute atomic E-state index is 12.5. The highest BCUT2D eigenvalue weighted by Gasteiger charge is 2.21. The monoisotopic (exact) mass is 429 g/mol. The van der Waals surface area contributed by atoms with Crippen molar-refractivity contribution in [3.8, 4) is 0 Å². The summed E-state index contributed by atoms with van der Waals surface area (Å²) < 4.78 is 26.5. The molecule has 0 atom stereocenters. The average molecular weight is 430 g/mol. The number of benzene rings is 2. The molecule has 2 aromatic rings. The first kappa shape index (κ1) is 22.5. The van der Waals surface area contributed by atoms with E-state index in [1.165, 1.54) is 27.6 Å². The molecule has 0 saturated carbocycles. The molecule has 0 fully saturated rings. The lowest BCUT2D eigenvalue weighted by molar-refractivity contribution is 0.0951. The Kier molecular flexibility index (Phi) is 7.64. The molecule has 1 aliphatic heterocycles. The minimum absolute atomic E-state index is 0.175. The van der Waals surface area contributed by atoms with E-state index in [0.29, 0.717) is 25.2 Å². The quantitative estimate of drug-likeness (QED) is 0.623. The van der Waals surface area contributed by atoms with Crippen LogP contribution in [0.1, 0.15) is 41.8 Å². The molecule has 0 aliphatic carbocycles. The lowest BCUT2D eigenvalue weighted by atomic mass is 10.00. The van der Waals surface area contributed by atoms with Gasteiger partial charge in [-0.2, -0.15) is 4.31 Å². The summed E-state index contributed by atoms with van der Waals surface area (Å²) in [7, 11) is -3.50. The second-order valence-corrected chi connectivity index (χ2v) is 9.46. The summed E-state index contributed by atoms with van der Waals surface area (Å²) in [5.41, 5.74) is 3.31. The van der Waals surface area contributed by atoms with Crippen LogP contribution in [0.3, 0.4) is 0 Å². The van der Waals surface area contributed by atoms with Crippen LogP contribution >= 0.6 is 0 Å². The van der Waals surface area contributed by atoms with Crippen molar-refractivity contribution >= 4 is 15.9 Å². The molecule has 0 radical (unpaired) electrons. The van der Waals surface area contributed by atoms with E-state index in [4.69, 9.17) is 0 Å². The van der Waals surface area contributed by atoms with Crippen molar-refractivity contribution in [2.75, 3.05) is 32.7 Å². The van der Waals surface area contributed by atoms with Gasteiger partial charge in [0.25, 0.3) is 5.91 Å². The fourth-order valence-corrected chi connectivity index (χ4v) is 5.30. The zero-order valence-corrected chi connectivity index (χ0v) is 18.6. The van der Waals surface area contributed by atoms with Crippen molar-refractivity contribution in [1.82, 2.24) is 14.5 Å². The smallest absolute Gasteiger partial charge is 0.251 e. The average Bonchev–Trinajstić information content (AvgIpc) is 2.77. The number of nitrogens with zero attached hydrogens (tertiary/aromatic N) is 2. The van der Waals surface area contributed by atoms with Crippen molar-refractivity contribution in [1.29, 1.82) is 0 Å². The molecular formula is C23H31N3O3S. The van der Waals surface area contributed by atoms with Crippen LogP contribution in [0.5, 0.6) is 0 Å². The molecule has 0 saturated heterocycles. The van der Waals surface area contributed by atoms with Crippen molar-refractivity contribution < 1.29 is 13.2 Å². The van der Waals surface area contributed by atoms with Gasteiger partial charge < -0.3 is 5.32 Å². The van der Waals surface area contributed by atoms with Gasteiger partial charge in [0.15, 0.2) is 0 Å². The molecule has 0 aromatic heterocycles. The number of carbonyl (C=O) groups excluding carboxylic acids is 1. The minimum atomic E-state index is -3.50. The Balaban J connectivity index is 1.46. The molecule has 1 aliphatic rings. The normalized spacial score (nSPS) is 14.5. The molecule has 30 heavy (non-hydrogen) atoms. The highest BCUT2D eigenvalue weighted by atomic mass is 32.2. The molecular weight excluding hydrogens is 398 g/mol. The van der Waals surface area contributed by atoms with Gasteiger partial charge in [-0.25, -0.2) is 8.42 Å². The molecule has 0 bridgehead atoms. The Bertz CT molecular complexity index is 954. The van der Waals surface area contributed by atoms with Crippen LogP contribution in [-0.4, -0.2) is 56.3 Å². The molecule has 1 N–H and O–H groups in total. The van der Waals surface area contributed by atoms with Crippen LogP contribution < -0.4 is 5.32 Å². The third-order valence-corrected chi connectivity index (χ3v) is 7.67. The van der Waals surface area contributed by atoms with E-state index in [1.54, 1.807) is 12.1 Å². The fraction of sp³-hybridized carbons (Fsp3) is 0.435. The molecule has 0 unspecified atom stereocenters. The van der Waals surface area contributed by atoms with E-state index in [2.05, 4.69) is 34.5 Å². The summed E-state index contributed by atoms with van der Waals surface area (Å²) >= 11 is 0. The maximum Gasteiger partial charge on any atom is 0.251 e. The van der Waals surface area contributed by atoms with E-state index in [1.807, 2.05) is 13.8 Å². The minimum Gasteiger partial charge on any atom is -0.352 e. The number of rotatable bonds is 9. The first-order valence-corrected chi connectivity index (χ1v) is 12.1. The van der Waals surface area contributed by atoms with Crippen LogP contribution in [0, 0.1) is 0 Å². The molecule has 7 heteroatoms. The Morgan fingerprint density at radius 3 is 2.37 bits per heavy atom. The third-order valence-electron chi connectivity index (χ3n) is 5.61. The highest BCUT2D eigenvalue weighted by Crippen LogP contribution is 2.18. The maximum atomic E-state index is 12.5. The van der Waals surface area contributed by atoms with Crippen LogP contribution in [0.2, 0.25) is 0 Å². The molecule has 1 amide bonds. The summed E-state index contributed by atoms with van der Waals surface area (Å²) in [5, 5.41) is 2.94. The van der Waals surface area contributed by atoms with Gasteiger partial charge in [0.2, 0.25) is 10.0 Å². The van der Waals surface area contributed by atoms with Crippen molar-refractivity contribution in [3.63, 3.8) is 0 Å². The van der Waals surface area contributed by atoms with Gasteiger partial charge >= 0.3 is 0 Å². The zero-order chi connectivity index (χ0) is 21.6. The zero-order valence-electron chi connectivity index (χ0n) is 17.8. The Morgan fingerprint density at radius 2 is 1.70 bits per heavy atom. The summed E-state index contributed by atoms with van der Waals surface area (Å²) in [6.45, 7) is 8.01. The Morgan fingerprint density at radius 1 is 1.03 bits per heavy atom. The van der Waals surface area contributed by atoms with Crippen LogP contribution in [0.15, 0.2) is 53.4 Å². The molecule has 1 heterocycles. The molecule has 162 valence electrons. The summed E-state index contributed by atoms with van der Waals surface area (Å²) in [4.78, 5) is 15.0. The molecule has 6 nitrogen and oxygen atoms in total. The van der Waals surface area contributed by atoms with Crippen LogP contribution in [-0.2, 0) is 23.0 Å². The molecule has 2 aromatic carbocycles. The van der Waals surface area contributed by atoms with Crippen molar-refractivity contribution in [2.24, 2.45) is 0 Å². The number of sulfonamides is 1. The van der Waals surface area contributed by atoms with E-state index in [9.17, 15) is 13.2 Å². The number of carbonyl (C=O) groups is 1. The first-order valence-electron chi connectivity index (χ1n) is 10.6. The SMILES string of the molecule is CCN(CC)S(=O)(=O)c1ccc(C(=O)NCCCN2CCc3ccccc3C2)cc1. The predicted octanol–water partition coefficient (Wildman–Crippen LogP) is 2.90. The second kappa shape index (κ2) is 10.2. The van der Waals surface area contributed by atoms with Gasteiger partial charge in [-0.3, -0.25) is 9.69 Å². The van der Waals surface area contributed by atoms with E-state index >= 15 is 0 Å². The molecule has 0 spiro atoms. The van der Waals surface area contributed by atoms with E-state index in [-0.39, 0.29) is 10.8 Å². The Hall–Kier alpha value is -2.22. The third kappa shape index (κ3) is 5.28. The summed E-state index contributed by atoms with van der Waals surface area (Å²) in [6.07, 6.45) is 1.95. The molecule has 3 rings (SSSR count). The second-order valence-electron chi connectivity index (χ2n) is 7.52. The number of fused-ring (bicyclic) bond motifs is 1. The van der Waals surface area contributed by atoms with Crippen LogP contribution in [0.4, 0.5) is 0 Å². The summed E-state index contributed by atoms with van der Waals surface area (Å²) in [6, 6.07) is 14.7. The topological polar surface area (TPSA) is 69.7 Å². The highest BCUT2D eigenvalue weighted by molar-refractivity contribution is 7.89. The predicted molar refractivity (Wildman–Crippen MR) is 119 cm³/mol. The largest absolute Gasteiger partial charge is 0.352 e. The van der Waals surface area contributed by atoms with E-state index in [0.717, 1.165) is 32.5 Å². The standard InChI is InChI=1S/C23H31N3O3S/c1-3-26(4-2)30(28,29)22-12-10-20(11-13-22)23(27)24-15-7-16-25-17-14-19-8-5-6-9-21(19)18-25/h5-6,8-13H,3-4,7,14-18H2,1-2H3,(H,24,27). The van der Waals surface area contributed by atoms with Crippen molar-refractivity contribution in [3.05, 3.63) is 65.2 Å². The van der Waals surface area contributed by atoms with Gasteiger partial charge in [-0.15, -0.1) is 0 Å². The fourth-order valence-electron chi connectivity index (χ4n) is 3.84. The van der Waals surface area contributed by atoms with Gasteiger partial charge in [-0.05, 0) is 48.2 Å². The lowest BCUT2D eigenvalue weighted by Gasteiger charge is -2.28. The summed E-state index contributed by atoms with van der Waals surface area (Å²) in [5.74, 6) is -0.175. The number of nitrogens with one attached hydrogen (secondary N) is 1.